The van der Waals surface area contributed by atoms with Gasteiger partial charge in [-0.2, -0.15) is 0 Å². The Morgan fingerprint density at radius 2 is 2.31 bits per heavy atom. The third-order valence-electron chi connectivity index (χ3n) is 3.11. The Morgan fingerprint density at radius 1 is 1.50 bits per heavy atom. The van der Waals surface area contributed by atoms with Gasteiger partial charge in [0.05, 0.1) is 0 Å². The Kier molecular flexibility index (Phi) is 3.88. The van der Waals surface area contributed by atoms with Gasteiger partial charge < -0.3 is 11.1 Å². The molecule has 0 spiro atoms. The summed E-state index contributed by atoms with van der Waals surface area (Å²) in [5.41, 5.74) is 7.99. The SMILES string of the molecule is CC1CNCCN1Cc1cncc(CN)c1. The summed E-state index contributed by atoms with van der Waals surface area (Å²) in [6.07, 6.45) is 3.78. The Balaban J connectivity index is 2.01. The van der Waals surface area contributed by atoms with Crippen LogP contribution in [0.15, 0.2) is 18.5 Å². The maximum atomic E-state index is 5.62. The molecule has 1 aliphatic rings. The number of piperazine rings is 1. The van der Waals surface area contributed by atoms with Crippen molar-refractivity contribution in [3.8, 4) is 0 Å². The van der Waals surface area contributed by atoms with Crippen LogP contribution >= 0.6 is 0 Å². The summed E-state index contributed by atoms with van der Waals surface area (Å²) in [7, 11) is 0. The van der Waals surface area contributed by atoms with Gasteiger partial charge in [0.25, 0.3) is 0 Å². The molecule has 1 atom stereocenters. The van der Waals surface area contributed by atoms with Crippen molar-refractivity contribution in [1.29, 1.82) is 0 Å². The molecule has 0 aliphatic carbocycles. The van der Waals surface area contributed by atoms with Gasteiger partial charge in [0, 0.05) is 51.2 Å². The largest absolute Gasteiger partial charge is 0.326 e. The second-order valence-corrected chi connectivity index (χ2v) is 4.43. The van der Waals surface area contributed by atoms with Crippen LogP contribution < -0.4 is 11.1 Å². The van der Waals surface area contributed by atoms with Crippen molar-refractivity contribution in [1.82, 2.24) is 15.2 Å². The van der Waals surface area contributed by atoms with Crippen molar-refractivity contribution < 1.29 is 0 Å². The van der Waals surface area contributed by atoms with Crippen molar-refractivity contribution in [3.05, 3.63) is 29.6 Å². The summed E-state index contributed by atoms with van der Waals surface area (Å²) in [5, 5.41) is 3.40. The molecule has 2 heterocycles. The summed E-state index contributed by atoms with van der Waals surface area (Å²) in [4.78, 5) is 6.70. The molecule has 0 radical (unpaired) electrons. The zero-order chi connectivity index (χ0) is 11.4. The normalized spacial score (nSPS) is 22.2. The average Bonchev–Trinajstić information content (AvgIpc) is 2.32. The van der Waals surface area contributed by atoms with Crippen LogP contribution in [-0.4, -0.2) is 35.6 Å². The zero-order valence-electron chi connectivity index (χ0n) is 9.82. The first-order valence-electron chi connectivity index (χ1n) is 5.87. The summed E-state index contributed by atoms with van der Waals surface area (Å²) < 4.78 is 0. The lowest BCUT2D eigenvalue weighted by molar-refractivity contribution is 0.165. The van der Waals surface area contributed by atoms with E-state index >= 15 is 0 Å². The van der Waals surface area contributed by atoms with Gasteiger partial charge in [0.15, 0.2) is 0 Å². The van der Waals surface area contributed by atoms with Gasteiger partial charge in [0.1, 0.15) is 0 Å². The van der Waals surface area contributed by atoms with Crippen molar-refractivity contribution in [2.24, 2.45) is 5.73 Å². The van der Waals surface area contributed by atoms with Crippen LogP contribution in [0.3, 0.4) is 0 Å². The fourth-order valence-electron chi connectivity index (χ4n) is 2.09. The van der Waals surface area contributed by atoms with Gasteiger partial charge in [-0.25, -0.2) is 0 Å². The van der Waals surface area contributed by atoms with Gasteiger partial charge in [-0.05, 0) is 18.1 Å². The van der Waals surface area contributed by atoms with Gasteiger partial charge in [-0.15, -0.1) is 0 Å². The van der Waals surface area contributed by atoms with E-state index in [1.165, 1.54) is 5.56 Å². The van der Waals surface area contributed by atoms with Crippen LogP contribution in [0.2, 0.25) is 0 Å². The molecule has 88 valence electrons. The first kappa shape index (κ1) is 11.5. The molecular formula is C12H20N4. The van der Waals surface area contributed by atoms with Crippen LogP contribution in [0.4, 0.5) is 0 Å². The lowest BCUT2D eigenvalue weighted by atomic mass is 10.1. The number of pyridine rings is 1. The highest BCUT2D eigenvalue weighted by Gasteiger charge is 2.17. The Hall–Kier alpha value is -0.970. The number of rotatable bonds is 3. The highest BCUT2D eigenvalue weighted by Crippen LogP contribution is 2.10. The predicted octanol–water partition coefficient (Wildman–Crippen LogP) is 0.334. The van der Waals surface area contributed by atoms with E-state index in [0.717, 1.165) is 31.7 Å². The second kappa shape index (κ2) is 5.39. The van der Waals surface area contributed by atoms with Crippen LogP contribution in [0.5, 0.6) is 0 Å². The van der Waals surface area contributed by atoms with Crippen molar-refractivity contribution in [2.75, 3.05) is 19.6 Å². The summed E-state index contributed by atoms with van der Waals surface area (Å²) in [5.74, 6) is 0. The maximum absolute atomic E-state index is 5.62. The van der Waals surface area contributed by atoms with E-state index in [2.05, 4.69) is 28.2 Å². The topological polar surface area (TPSA) is 54.2 Å². The minimum Gasteiger partial charge on any atom is -0.326 e. The molecule has 0 aromatic carbocycles. The van der Waals surface area contributed by atoms with E-state index in [9.17, 15) is 0 Å². The van der Waals surface area contributed by atoms with Crippen molar-refractivity contribution >= 4 is 0 Å². The molecule has 3 N–H and O–H groups in total. The molecule has 0 saturated carbocycles. The fraction of sp³-hybridized carbons (Fsp3) is 0.583. The zero-order valence-corrected chi connectivity index (χ0v) is 9.82. The van der Waals surface area contributed by atoms with Crippen molar-refractivity contribution in [2.45, 2.75) is 26.1 Å². The van der Waals surface area contributed by atoms with E-state index in [1.807, 2.05) is 12.4 Å². The lowest BCUT2D eigenvalue weighted by Gasteiger charge is -2.33. The molecule has 4 heteroatoms. The summed E-state index contributed by atoms with van der Waals surface area (Å²) in [6.45, 7) is 7.06. The number of aromatic nitrogens is 1. The van der Waals surface area contributed by atoms with Gasteiger partial charge in [-0.1, -0.05) is 6.07 Å². The number of nitrogens with one attached hydrogen (secondary N) is 1. The molecule has 4 nitrogen and oxygen atoms in total. The Bertz CT molecular complexity index is 340. The molecule has 2 rings (SSSR count). The van der Waals surface area contributed by atoms with Gasteiger partial charge in [0.2, 0.25) is 0 Å². The number of hydrogen-bond donors (Lipinski definition) is 2. The minimum absolute atomic E-state index is 0.567. The molecule has 1 aromatic heterocycles. The quantitative estimate of drug-likeness (QED) is 0.771. The van der Waals surface area contributed by atoms with E-state index in [-0.39, 0.29) is 0 Å². The van der Waals surface area contributed by atoms with Crippen molar-refractivity contribution in [3.63, 3.8) is 0 Å². The molecule has 1 fully saturated rings. The van der Waals surface area contributed by atoms with Crippen LogP contribution in [0, 0.1) is 0 Å². The molecule has 1 unspecified atom stereocenters. The number of nitrogens with zero attached hydrogens (tertiary/aromatic N) is 2. The van der Waals surface area contributed by atoms with E-state index in [4.69, 9.17) is 5.73 Å². The first-order valence-corrected chi connectivity index (χ1v) is 5.87. The van der Waals surface area contributed by atoms with Crippen LogP contribution in [0.25, 0.3) is 0 Å². The monoisotopic (exact) mass is 220 g/mol. The molecular weight excluding hydrogens is 200 g/mol. The first-order chi connectivity index (χ1) is 7.79. The molecule has 1 aliphatic heterocycles. The smallest absolute Gasteiger partial charge is 0.0313 e. The van der Waals surface area contributed by atoms with Gasteiger partial charge >= 0.3 is 0 Å². The lowest BCUT2D eigenvalue weighted by Crippen LogP contribution is -2.49. The molecule has 1 saturated heterocycles. The van der Waals surface area contributed by atoms with Crippen LogP contribution in [-0.2, 0) is 13.1 Å². The second-order valence-electron chi connectivity index (χ2n) is 4.43. The third-order valence-corrected chi connectivity index (χ3v) is 3.11. The number of hydrogen-bond acceptors (Lipinski definition) is 4. The van der Waals surface area contributed by atoms with E-state index in [1.54, 1.807) is 0 Å². The Labute approximate surface area is 96.8 Å². The maximum Gasteiger partial charge on any atom is 0.0313 e. The molecule has 0 amide bonds. The standard InChI is InChI=1S/C12H20N4/c1-10-6-14-2-3-16(10)9-12-4-11(5-13)7-15-8-12/h4,7-8,10,14H,2-3,5-6,9,13H2,1H3. The van der Waals surface area contributed by atoms with E-state index in [0.29, 0.717) is 12.6 Å². The number of nitrogens with two attached hydrogens (primary N) is 1. The molecule has 1 aromatic rings. The highest BCUT2D eigenvalue weighted by molar-refractivity contribution is 5.18. The molecule has 0 bridgehead atoms. The minimum atomic E-state index is 0.567. The average molecular weight is 220 g/mol. The van der Waals surface area contributed by atoms with Gasteiger partial charge in [-0.3, -0.25) is 9.88 Å². The summed E-state index contributed by atoms with van der Waals surface area (Å²) >= 11 is 0. The molecule has 16 heavy (non-hydrogen) atoms. The van der Waals surface area contributed by atoms with E-state index < -0.39 is 0 Å². The summed E-state index contributed by atoms with van der Waals surface area (Å²) in [6, 6.07) is 2.75. The predicted molar refractivity (Wildman–Crippen MR) is 64.9 cm³/mol. The van der Waals surface area contributed by atoms with Crippen LogP contribution in [0.1, 0.15) is 18.1 Å². The Morgan fingerprint density at radius 3 is 3.06 bits per heavy atom. The highest BCUT2D eigenvalue weighted by atomic mass is 15.2. The third kappa shape index (κ3) is 2.78. The fourth-order valence-corrected chi connectivity index (χ4v) is 2.09.